The zero-order chi connectivity index (χ0) is 14.2. The van der Waals surface area contributed by atoms with Crippen molar-refractivity contribution in [2.75, 3.05) is 0 Å². The maximum absolute atomic E-state index is 5.83. The first-order chi connectivity index (χ1) is 8.79. The van der Waals surface area contributed by atoms with E-state index in [2.05, 4.69) is 57.7 Å². The Hall–Kier alpha value is -1.76. The molecule has 100 valence electrons. The fourth-order valence-corrected chi connectivity index (χ4v) is 2.18. The van der Waals surface area contributed by atoms with E-state index in [1.165, 1.54) is 5.56 Å². The van der Waals surface area contributed by atoms with E-state index in [1.807, 2.05) is 13.8 Å². The molecule has 0 aliphatic rings. The van der Waals surface area contributed by atoms with Crippen LogP contribution in [0.2, 0.25) is 0 Å². The second-order valence-electron chi connectivity index (χ2n) is 6.19. The van der Waals surface area contributed by atoms with E-state index >= 15 is 0 Å². The molecular formula is C18H22O. The van der Waals surface area contributed by atoms with Gasteiger partial charge in [0.2, 0.25) is 0 Å². The molecule has 0 aliphatic carbocycles. The van der Waals surface area contributed by atoms with Crippen molar-refractivity contribution in [3.05, 3.63) is 53.8 Å². The molecule has 0 aliphatic heterocycles. The van der Waals surface area contributed by atoms with Crippen LogP contribution in [0.1, 0.15) is 44.6 Å². The molecule has 0 fully saturated rings. The highest BCUT2D eigenvalue weighted by Gasteiger charge is 2.14. The van der Waals surface area contributed by atoms with Crippen LogP contribution in [0.5, 0.6) is 0 Å². The summed E-state index contributed by atoms with van der Waals surface area (Å²) in [5, 5.41) is 0. The molecular weight excluding hydrogens is 232 g/mol. The van der Waals surface area contributed by atoms with Gasteiger partial charge in [-0.1, -0.05) is 51.6 Å². The van der Waals surface area contributed by atoms with Crippen molar-refractivity contribution in [2.24, 2.45) is 0 Å². The Morgan fingerprint density at radius 2 is 1.68 bits per heavy atom. The van der Waals surface area contributed by atoms with Gasteiger partial charge < -0.3 is 4.42 Å². The fourth-order valence-electron chi connectivity index (χ4n) is 2.18. The summed E-state index contributed by atoms with van der Waals surface area (Å²) in [4.78, 5) is 0. The van der Waals surface area contributed by atoms with Crippen molar-refractivity contribution in [3.63, 3.8) is 0 Å². The van der Waals surface area contributed by atoms with Crippen LogP contribution >= 0.6 is 0 Å². The minimum Gasteiger partial charge on any atom is -0.461 e. The van der Waals surface area contributed by atoms with Crippen molar-refractivity contribution in [3.8, 4) is 11.3 Å². The standard InChI is InChI=1S/C18H22O/c1-12(2)16-11-17(19-13(16)3)14-7-9-15(10-8-14)18(4,5)6/h7-11H,1H2,2-6H3. The van der Waals surface area contributed by atoms with Crippen LogP contribution in [-0.4, -0.2) is 0 Å². The Labute approximate surface area is 116 Å². The predicted molar refractivity (Wildman–Crippen MR) is 82.3 cm³/mol. The van der Waals surface area contributed by atoms with Gasteiger partial charge in [0.05, 0.1) is 0 Å². The minimum absolute atomic E-state index is 0.181. The highest BCUT2D eigenvalue weighted by molar-refractivity contribution is 5.69. The summed E-state index contributed by atoms with van der Waals surface area (Å²) in [6.07, 6.45) is 0. The van der Waals surface area contributed by atoms with Crippen LogP contribution in [0.15, 0.2) is 41.3 Å². The molecule has 1 aromatic carbocycles. The minimum atomic E-state index is 0.181. The molecule has 0 atom stereocenters. The lowest BCUT2D eigenvalue weighted by Crippen LogP contribution is -2.10. The van der Waals surface area contributed by atoms with Crippen LogP contribution in [0.25, 0.3) is 16.9 Å². The monoisotopic (exact) mass is 254 g/mol. The summed E-state index contributed by atoms with van der Waals surface area (Å²) < 4.78 is 5.83. The van der Waals surface area contributed by atoms with E-state index in [9.17, 15) is 0 Å². The van der Waals surface area contributed by atoms with Crippen LogP contribution in [0.3, 0.4) is 0 Å². The van der Waals surface area contributed by atoms with Gasteiger partial charge in [0.15, 0.2) is 0 Å². The highest BCUT2D eigenvalue weighted by atomic mass is 16.3. The molecule has 0 amide bonds. The molecule has 1 heterocycles. The molecule has 0 bridgehead atoms. The Morgan fingerprint density at radius 1 is 1.11 bits per heavy atom. The fraction of sp³-hybridized carbons (Fsp3) is 0.333. The molecule has 0 saturated carbocycles. The van der Waals surface area contributed by atoms with Crippen LogP contribution in [0, 0.1) is 6.92 Å². The number of allylic oxidation sites excluding steroid dienone is 1. The smallest absolute Gasteiger partial charge is 0.134 e. The summed E-state index contributed by atoms with van der Waals surface area (Å²) in [7, 11) is 0. The summed E-state index contributed by atoms with van der Waals surface area (Å²) >= 11 is 0. The number of hydrogen-bond donors (Lipinski definition) is 0. The molecule has 19 heavy (non-hydrogen) atoms. The lowest BCUT2D eigenvalue weighted by molar-refractivity contribution is 0.547. The van der Waals surface area contributed by atoms with Crippen molar-refractivity contribution in [2.45, 2.75) is 40.0 Å². The topological polar surface area (TPSA) is 13.1 Å². The zero-order valence-corrected chi connectivity index (χ0v) is 12.5. The van der Waals surface area contributed by atoms with Crippen molar-refractivity contribution < 1.29 is 4.42 Å². The van der Waals surface area contributed by atoms with E-state index in [0.29, 0.717) is 0 Å². The van der Waals surface area contributed by atoms with E-state index in [4.69, 9.17) is 4.42 Å². The third-order valence-electron chi connectivity index (χ3n) is 3.41. The molecule has 1 nitrogen and oxygen atoms in total. The van der Waals surface area contributed by atoms with Gasteiger partial charge in [-0.05, 0) is 36.5 Å². The van der Waals surface area contributed by atoms with Crippen molar-refractivity contribution in [1.29, 1.82) is 0 Å². The Balaban J connectivity index is 2.38. The summed E-state index contributed by atoms with van der Waals surface area (Å²) in [5.74, 6) is 1.85. The maximum Gasteiger partial charge on any atom is 0.134 e. The van der Waals surface area contributed by atoms with Crippen LogP contribution < -0.4 is 0 Å². The van der Waals surface area contributed by atoms with Gasteiger partial charge in [-0.2, -0.15) is 0 Å². The van der Waals surface area contributed by atoms with E-state index < -0.39 is 0 Å². The molecule has 0 N–H and O–H groups in total. The first kappa shape index (κ1) is 13.7. The van der Waals surface area contributed by atoms with Gasteiger partial charge in [0.25, 0.3) is 0 Å². The lowest BCUT2D eigenvalue weighted by atomic mass is 9.86. The zero-order valence-electron chi connectivity index (χ0n) is 12.5. The lowest BCUT2D eigenvalue weighted by Gasteiger charge is -2.18. The SMILES string of the molecule is C=C(C)c1cc(-c2ccc(C(C)(C)C)cc2)oc1C. The average Bonchev–Trinajstić information content (AvgIpc) is 2.70. The van der Waals surface area contributed by atoms with E-state index in [1.54, 1.807) is 0 Å². The van der Waals surface area contributed by atoms with Crippen LogP contribution in [-0.2, 0) is 5.41 Å². The molecule has 1 aromatic heterocycles. The van der Waals surface area contributed by atoms with Gasteiger partial charge >= 0.3 is 0 Å². The summed E-state index contributed by atoms with van der Waals surface area (Å²) in [6, 6.07) is 10.7. The Morgan fingerprint density at radius 3 is 2.11 bits per heavy atom. The van der Waals surface area contributed by atoms with Crippen molar-refractivity contribution in [1.82, 2.24) is 0 Å². The Kier molecular flexibility index (Phi) is 3.40. The molecule has 2 rings (SSSR count). The third kappa shape index (κ3) is 2.81. The largest absolute Gasteiger partial charge is 0.461 e. The molecule has 1 heteroatoms. The second-order valence-corrected chi connectivity index (χ2v) is 6.19. The van der Waals surface area contributed by atoms with Gasteiger partial charge in [0, 0.05) is 11.1 Å². The molecule has 2 aromatic rings. The maximum atomic E-state index is 5.83. The number of aryl methyl sites for hydroxylation is 1. The van der Waals surface area contributed by atoms with Gasteiger partial charge in [0.1, 0.15) is 11.5 Å². The van der Waals surface area contributed by atoms with E-state index in [0.717, 1.165) is 28.2 Å². The number of benzene rings is 1. The van der Waals surface area contributed by atoms with Crippen LogP contribution in [0.4, 0.5) is 0 Å². The normalized spacial score (nSPS) is 11.6. The van der Waals surface area contributed by atoms with Crippen molar-refractivity contribution >= 4 is 5.57 Å². The first-order valence-electron chi connectivity index (χ1n) is 6.66. The Bertz CT molecular complexity index is 592. The molecule has 0 saturated heterocycles. The third-order valence-corrected chi connectivity index (χ3v) is 3.41. The second kappa shape index (κ2) is 4.73. The van der Waals surface area contributed by atoms with Gasteiger partial charge in [-0.25, -0.2) is 0 Å². The quantitative estimate of drug-likeness (QED) is 0.681. The highest BCUT2D eigenvalue weighted by Crippen LogP contribution is 2.30. The van der Waals surface area contributed by atoms with E-state index in [-0.39, 0.29) is 5.41 Å². The predicted octanol–water partition coefficient (Wildman–Crippen LogP) is 5.59. The summed E-state index contributed by atoms with van der Waals surface area (Å²) in [5.41, 5.74) is 4.78. The van der Waals surface area contributed by atoms with Gasteiger partial charge in [-0.15, -0.1) is 0 Å². The summed E-state index contributed by atoms with van der Waals surface area (Å²) in [6.45, 7) is 14.6. The molecule has 0 radical (unpaired) electrons. The number of rotatable bonds is 2. The average molecular weight is 254 g/mol. The first-order valence-corrected chi connectivity index (χ1v) is 6.66. The number of hydrogen-bond acceptors (Lipinski definition) is 1. The molecule has 0 spiro atoms. The van der Waals surface area contributed by atoms with Gasteiger partial charge in [-0.3, -0.25) is 0 Å². The number of furan rings is 1. The molecule has 0 unspecified atom stereocenters.